The summed E-state index contributed by atoms with van der Waals surface area (Å²) in [6.07, 6.45) is -4.57. The van der Waals surface area contributed by atoms with Gasteiger partial charge in [-0.1, -0.05) is 72.8 Å². The minimum absolute atomic E-state index is 0.0175. The smallest absolute Gasteiger partial charge is 0.280 e. The number of carbonyl (C=O) groups is 1. The molecular weight excluding hydrogens is 549 g/mol. The lowest BCUT2D eigenvalue weighted by atomic mass is 9.89. The number of nitrogens with zero attached hydrogens (tertiary/aromatic N) is 2. The van der Waals surface area contributed by atoms with Crippen LogP contribution in [0.2, 0.25) is 0 Å². The van der Waals surface area contributed by atoms with Crippen LogP contribution in [0.3, 0.4) is 0 Å². The van der Waals surface area contributed by atoms with Gasteiger partial charge in [-0.2, -0.15) is 17.5 Å². The van der Waals surface area contributed by atoms with Gasteiger partial charge in [0.25, 0.3) is 0 Å². The van der Waals surface area contributed by atoms with Crippen LogP contribution in [0.4, 0.5) is 24.5 Å². The second-order valence-electron chi connectivity index (χ2n) is 9.91. The second kappa shape index (κ2) is 11.0. The first-order chi connectivity index (χ1) is 19.5. The van der Waals surface area contributed by atoms with Gasteiger partial charge in [0.15, 0.2) is 0 Å². The zero-order chi connectivity index (χ0) is 29.4. The quantitative estimate of drug-likeness (QED) is 0.227. The Bertz CT molecular complexity index is 1620. The Morgan fingerprint density at radius 2 is 1.34 bits per heavy atom. The highest BCUT2D eigenvalue weighted by Crippen LogP contribution is 2.46. The molecule has 9 heteroatoms. The highest BCUT2D eigenvalue weighted by atomic mass is 32.2. The third kappa shape index (κ3) is 5.55. The van der Waals surface area contributed by atoms with Crippen molar-refractivity contribution >= 4 is 27.3 Å². The number of halogens is 3. The molecular formula is C32H27F3N2O3S. The largest absolute Gasteiger partial charge is 0.416 e. The van der Waals surface area contributed by atoms with E-state index in [0.29, 0.717) is 16.9 Å². The molecule has 0 unspecified atom stereocenters. The number of carbonyl (C=O) groups excluding carboxylic acids is 1. The Kier molecular flexibility index (Phi) is 7.59. The summed E-state index contributed by atoms with van der Waals surface area (Å²) in [5, 5.41) is 0. The molecule has 0 saturated carbocycles. The summed E-state index contributed by atoms with van der Waals surface area (Å²) in [5.41, 5.74) is 1.71. The molecule has 1 aliphatic heterocycles. The number of aryl methyl sites for hydroxylation is 1. The highest BCUT2D eigenvalue weighted by molar-refractivity contribution is 7.89. The maximum absolute atomic E-state index is 14.5. The fourth-order valence-corrected chi connectivity index (χ4v) is 6.73. The number of hydrogen-bond acceptors (Lipinski definition) is 3. The summed E-state index contributed by atoms with van der Waals surface area (Å²) in [6, 6.07) is 27.2. The van der Waals surface area contributed by atoms with Crippen molar-refractivity contribution in [3.8, 4) is 0 Å². The van der Waals surface area contributed by atoms with Crippen molar-refractivity contribution < 1.29 is 26.4 Å². The number of hydrogen-bond donors (Lipinski definition) is 0. The molecule has 4 aromatic rings. The van der Waals surface area contributed by atoms with Gasteiger partial charge in [0.2, 0.25) is 15.9 Å². The van der Waals surface area contributed by atoms with Crippen molar-refractivity contribution in [3.05, 3.63) is 138 Å². The van der Waals surface area contributed by atoms with Crippen LogP contribution in [0.1, 0.15) is 22.7 Å². The van der Waals surface area contributed by atoms with Gasteiger partial charge in [0.1, 0.15) is 0 Å². The van der Waals surface area contributed by atoms with E-state index in [1.54, 1.807) is 60.7 Å². The van der Waals surface area contributed by atoms with E-state index in [2.05, 4.69) is 6.58 Å². The second-order valence-corrected chi connectivity index (χ2v) is 11.8. The Morgan fingerprint density at radius 1 is 0.829 bits per heavy atom. The first-order valence-electron chi connectivity index (χ1n) is 12.9. The van der Waals surface area contributed by atoms with E-state index in [-0.39, 0.29) is 17.0 Å². The van der Waals surface area contributed by atoms with Crippen LogP contribution in [0, 0.1) is 12.8 Å². The van der Waals surface area contributed by atoms with Crippen molar-refractivity contribution in [2.24, 2.45) is 5.92 Å². The number of alkyl halides is 3. The summed E-state index contributed by atoms with van der Waals surface area (Å²) in [5.74, 6) is -1.52. The van der Waals surface area contributed by atoms with Gasteiger partial charge in [0, 0.05) is 17.9 Å². The maximum Gasteiger partial charge on any atom is 0.416 e. The molecule has 1 heterocycles. The van der Waals surface area contributed by atoms with Crippen LogP contribution < -0.4 is 4.90 Å². The van der Waals surface area contributed by atoms with Gasteiger partial charge in [-0.05, 0) is 66.6 Å². The monoisotopic (exact) mass is 576 g/mol. The van der Waals surface area contributed by atoms with Gasteiger partial charge in [-0.15, -0.1) is 0 Å². The minimum atomic E-state index is -4.57. The molecule has 1 saturated heterocycles. The molecule has 0 bridgehead atoms. The van der Waals surface area contributed by atoms with E-state index in [1.807, 2.05) is 19.1 Å². The Labute approximate surface area is 237 Å². The normalized spacial score (nSPS) is 17.9. The summed E-state index contributed by atoms with van der Waals surface area (Å²) in [7, 11) is -4.17. The lowest BCUT2D eigenvalue weighted by Crippen LogP contribution is -2.38. The lowest BCUT2D eigenvalue weighted by molar-refractivity contribution is -0.137. The van der Waals surface area contributed by atoms with Gasteiger partial charge in [-0.3, -0.25) is 9.69 Å². The SMILES string of the molecule is C=C1CN(S(=O)(=O)c2ccc(C)cc2)[C@H](c2ccc(C(F)(F)F)cc2)[C@H]1C(=O)N(c1ccccc1)c1ccccc1. The van der Waals surface area contributed by atoms with E-state index in [1.165, 1.54) is 33.5 Å². The first kappa shape index (κ1) is 28.3. The van der Waals surface area contributed by atoms with Gasteiger partial charge in [-0.25, -0.2) is 8.42 Å². The molecule has 1 aliphatic rings. The summed E-state index contributed by atoms with van der Waals surface area (Å²) >= 11 is 0. The van der Waals surface area contributed by atoms with Crippen LogP contribution in [0.25, 0.3) is 0 Å². The number of amides is 1. The van der Waals surface area contributed by atoms with Crippen molar-refractivity contribution in [2.75, 3.05) is 11.4 Å². The molecule has 1 amide bonds. The molecule has 210 valence electrons. The fourth-order valence-electron chi connectivity index (χ4n) is 5.10. The molecule has 0 N–H and O–H groups in total. The van der Waals surface area contributed by atoms with Gasteiger partial charge >= 0.3 is 6.18 Å². The minimum Gasteiger partial charge on any atom is -0.280 e. The number of para-hydroxylation sites is 2. The Balaban J connectivity index is 1.65. The molecule has 4 aromatic carbocycles. The molecule has 41 heavy (non-hydrogen) atoms. The zero-order valence-electron chi connectivity index (χ0n) is 22.1. The predicted molar refractivity (Wildman–Crippen MR) is 152 cm³/mol. The average molecular weight is 577 g/mol. The summed E-state index contributed by atoms with van der Waals surface area (Å²) < 4.78 is 69.2. The third-order valence-corrected chi connectivity index (χ3v) is 8.99. The van der Waals surface area contributed by atoms with Crippen molar-refractivity contribution in [1.29, 1.82) is 0 Å². The summed E-state index contributed by atoms with van der Waals surface area (Å²) in [6.45, 7) is 5.75. The van der Waals surface area contributed by atoms with Crippen LogP contribution in [-0.2, 0) is 21.0 Å². The molecule has 5 nitrogen and oxygen atoms in total. The number of rotatable bonds is 6. The van der Waals surface area contributed by atoms with Gasteiger partial charge < -0.3 is 0 Å². The van der Waals surface area contributed by atoms with E-state index in [0.717, 1.165) is 17.7 Å². The molecule has 5 rings (SSSR count). The topological polar surface area (TPSA) is 57.7 Å². The number of benzene rings is 4. The number of anilines is 2. The van der Waals surface area contributed by atoms with Crippen molar-refractivity contribution in [1.82, 2.24) is 4.31 Å². The molecule has 1 fully saturated rings. The Morgan fingerprint density at radius 3 is 1.83 bits per heavy atom. The average Bonchev–Trinajstić information content (AvgIpc) is 3.32. The number of sulfonamides is 1. The predicted octanol–water partition coefficient (Wildman–Crippen LogP) is 7.30. The standard InChI is InChI=1S/C32H27F3N2O3S/c1-22-13-19-28(20-14-22)41(39,40)36-21-23(2)29(30(36)24-15-17-25(18-16-24)32(33,34)35)31(38)37(26-9-5-3-6-10-26)27-11-7-4-8-12-27/h3-20,29-30H,2,21H2,1H3/t29-,30+/m0/s1. The van der Waals surface area contributed by atoms with E-state index >= 15 is 0 Å². The Hall–Kier alpha value is -4.21. The summed E-state index contributed by atoms with van der Waals surface area (Å²) in [4.78, 5) is 16.0. The zero-order valence-corrected chi connectivity index (χ0v) is 22.9. The lowest BCUT2D eigenvalue weighted by Gasteiger charge is -2.31. The molecule has 0 radical (unpaired) electrons. The van der Waals surface area contributed by atoms with Crippen LogP contribution in [0.5, 0.6) is 0 Å². The maximum atomic E-state index is 14.5. The molecule has 2 atom stereocenters. The molecule has 0 aromatic heterocycles. The van der Waals surface area contributed by atoms with Crippen LogP contribution >= 0.6 is 0 Å². The third-order valence-electron chi connectivity index (χ3n) is 7.15. The van der Waals surface area contributed by atoms with Gasteiger partial charge in [0.05, 0.1) is 22.4 Å². The van der Waals surface area contributed by atoms with E-state index < -0.39 is 39.6 Å². The first-order valence-corrected chi connectivity index (χ1v) is 14.3. The highest BCUT2D eigenvalue weighted by Gasteiger charge is 2.49. The van der Waals surface area contributed by atoms with Crippen molar-refractivity contribution in [3.63, 3.8) is 0 Å². The van der Waals surface area contributed by atoms with Crippen LogP contribution in [-0.4, -0.2) is 25.2 Å². The van der Waals surface area contributed by atoms with Crippen molar-refractivity contribution in [2.45, 2.75) is 24.0 Å². The van der Waals surface area contributed by atoms with E-state index in [9.17, 15) is 26.4 Å². The molecule has 0 spiro atoms. The fraction of sp³-hybridized carbons (Fsp3) is 0.156. The van der Waals surface area contributed by atoms with E-state index in [4.69, 9.17) is 0 Å². The van der Waals surface area contributed by atoms with Crippen LogP contribution in [0.15, 0.2) is 126 Å². The molecule has 0 aliphatic carbocycles.